The molecule has 1 aromatic rings. The van der Waals surface area contributed by atoms with Crippen LogP contribution >= 0.6 is 0 Å². The predicted octanol–water partition coefficient (Wildman–Crippen LogP) is 5.50. The van der Waals surface area contributed by atoms with Crippen LogP contribution in [-0.4, -0.2) is 0 Å². The van der Waals surface area contributed by atoms with Crippen molar-refractivity contribution in [1.82, 2.24) is 0 Å². The molecule has 0 spiro atoms. The van der Waals surface area contributed by atoms with Gasteiger partial charge < -0.3 is 0 Å². The lowest BCUT2D eigenvalue weighted by Crippen LogP contribution is -1.83. The molecule has 0 saturated carbocycles. The minimum absolute atomic E-state index is 0.659. The molecule has 1 rings (SSSR count). The van der Waals surface area contributed by atoms with E-state index in [1.165, 1.54) is 5.56 Å². The van der Waals surface area contributed by atoms with Gasteiger partial charge in [0.1, 0.15) is 0 Å². The van der Waals surface area contributed by atoms with Crippen molar-refractivity contribution in [2.24, 2.45) is 5.92 Å². The zero-order chi connectivity index (χ0) is 12.3. The highest BCUT2D eigenvalue weighted by atomic mass is 14.0. The molecule has 0 aliphatic rings. The quantitative estimate of drug-likeness (QED) is 0.572. The summed E-state index contributed by atoms with van der Waals surface area (Å²) >= 11 is 0. The lowest BCUT2D eigenvalue weighted by molar-refractivity contribution is 0.737. The Labute approximate surface area is 96.7 Å². The third-order valence-electron chi connectivity index (χ3n) is 1.47. The van der Waals surface area contributed by atoms with Crippen molar-refractivity contribution >= 4 is 0 Å². The summed E-state index contributed by atoms with van der Waals surface area (Å²) in [6, 6.07) is 10.5. The van der Waals surface area contributed by atoms with Crippen LogP contribution < -0.4 is 0 Å². The second kappa shape index (κ2) is 11.3. The van der Waals surface area contributed by atoms with Gasteiger partial charge in [0.2, 0.25) is 0 Å². The van der Waals surface area contributed by atoms with E-state index in [1.54, 1.807) is 0 Å². The number of rotatable bonds is 1. The van der Waals surface area contributed by atoms with Crippen molar-refractivity contribution in [3.63, 3.8) is 0 Å². The van der Waals surface area contributed by atoms with Crippen molar-refractivity contribution < 1.29 is 0 Å². The first-order valence-corrected chi connectivity index (χ1v) is 6.09. The molecule has 0 unspecified atom stereocenters. The van der Waals surface area contributed by atoms with E-state index in [1.807, 2.05) is 19.9 Å². The first-order valence-electron chi connectivity index (χ1n) is 6.09. The second-order valence-electron chi connectivity index (χ2n) is 4.30. The standard InChI is InChI=1S/C9H12.C4H10.C2H6/c1-8(2)9-6-4-3-5-7-9;1-4(2)3;1-2/h3-8H,1-2H3;4H,1-3H3;1-2H3. The largest absolute Gasteiger partial charge is 0.0683 e. The van der Waals surface area contributed by atoms with Crippen LogP contribution in [0.15, 0.2) is 30.3 Å². The van der Waals surface area contributed by atoms with Crippen molar-refractivity contribution in [2.45, 2.75) is 54.4 Å². The van der Waals surface area contributed by atoms with Gasteiger partial charge in [-0.25, -0.2) is 0 Å². The van der Waals surface area contributed by atoms with Gasteiger partial charge >= 0.3 is 0 Å². The Balaban J connectivity index is 0. The average molecular weight is 208 g/mol. The summed E-state index contributed by atoms with van der Waals surface area (Å²) in [5.74, 6) is 1.49. The van der Waals surface area contributed by atoms with E-state index in [4.69, 9.17) is 0 Å². The van der Waals surface area contributed by atoms with Crippen LogP contribution in [0.2, 0.25) is 0 Å². The van der Waals surface area contributed by atoms with E-state index in [0.29, 0.717) is 5.92 Å². The van der Waals surface area contributed by atoms with Gasteiger partial charge in [-0.15, -0.1) is 0 Å². The van der Waals surface area contributed by atoms with Crippen LogP contribution in [0.3, 0.4) is 0 Å². The van der Waals surface area contributed by atoms with Crippen LogP contribution in [0.5, 0.6) is 0 Å². The summed E-state index contributed by atoms with van der Waals surface area (Å²) < 4.78 is 0. The topological polar surface area (TPSA) is 0 Å². The van der Waals surface area contributed by atoms with Crippen molar-refractivity contribution in [3.8, 4) is 0 Å². The van der Waals surface area contributed by atoms with E-state index in [2.05, 4.69) is 58.9 Å². The number of hydrogen-bond donors (Lipinski definition) is 0. The summed E-state index contributed by atoms with van der Waals surface area (Å²) in [4.78, 5) is 0. The maximum Gasteiger partial charge on any atom is -0.0219 e. The third-order valence-corrected chi connectivity index (χ3v) is 1.47. The van der Waals surface area contributed by atoms with E-state index in [9.17, 15) is 0 Å². The van der Waals surface area contributed by atoms with Gasteiger partial charge in [0, 0.05) is 0 Å². The van der Waals surface area contributed by atoms with Crippen LogP contribution in [0.1, 0.15) is 59.9 Å². The molecule has 0 aromatic heterocycles. The van der Waals surface area contributed by atoms with Crippen molar-refractivity contribution in [3.05, 3.63) is 35.9 Å². The zero-order valence-corrected chi connectivity index (χ0v) is 11.5. The molecule has 0 N–H and O–H groups in total. The Morgan fingerprint density at radius 1 is 0.733 bits per heavy atom. The number of benzene rings is 1. The maximum absolute atomic E-state index is 2.20. The van der Waals surface area contributed by atoms with Crippen LogP contribution in [-0.2, 0) is 0 Å². The Kier molecular flexibility index (Phi) is 12.5. The van der Waals surface area contributed by atoms with Gasteiger partial charge in [0.05, 0.1) is 0 Å². The van der Waals surface area contributed by atoms with E-state index in [0.717, 1.165) is 5.92 Å². The van der Waals surface area contributed by atoms with Crippen molar-refractivity contribution in [1.29, 1.82) is 0 Å². The van der Waals surface area contributed by atoms with E-state index in [-0.39, 0.29) is 0 Å². The molecule has 0 heteroatoms. The van der Waals surface area contributed by atoms with Crippen LogP contribution in [0.25, 0.3) is 0 Å². The third kappa shape index (κ3) is 13.2. The molecule has 0 amide bonds. The van der Waals surface area contributed by atoms with Gasteiger partial charge in [0.25, 0.3) is 0 Å². The second-order valence-corrected chi connectivity index (χ2v) is 4.30. The van der Waals surface area contributed by atoms with Gasteiger partial charge in [0.15, 0.2) is 0 Å². The van der Waals surface area contributed by atoms with Crippen LogP contribution in [0, 0.1) is 5.92 Å². The van der Waals surface area contributed by atoms with E-state index >= 15 is 0 Å². The highest BCUT2D eigenvalue weighted by molar-refractivity contribution is 5.17. The van der Waals surface area contributed by atoms with Gasteiger partial charge in [-0.2, -0.15) is 0 Å². The van der Waals surface area contributed by atoms with Gasteiger partial charge in [-0.1, -0.05) is 78.8 Å². The molecule has 0 radical (unpaired) electrons. The molecule has 0 heterocycles. The Morgan fingerprint density at radius 3 is 1.27 bits per heavy atom. The average Bonchev–Trinajstić information content (AvgIpc) is 2.21. The molecule has 1 aromatic carbocycles. The lowest BCUT2D eigenvalue weighted by Gasteiger charge is -2.01. The molecule has 0 fully saturated rings. The molecule has 88 valence electrons. The van der Waals surface area contributed by atoms with E-state index < -0.39 is 0 Å². The fraction of sp³-hybridized carbons (Fsp3) is 0.600. The fourth-order valence-electron chi connectivity index (χ4n) is 0.838. The summed E-state index contributed by atoms with van der Waals surface area (Å²) in [7, 11) is 0. The molecular weight excluding hydrogens is 180 g/mol. The minimum Gasteiger partial charge on any atom is -0.0683 e. The van der Waals surface area contributed by atoms with Gasteiger partial charge in [-0.3, -0.25) is 0 Å². The molecule has 0 aliphatic heterocycles. The Morgan fingerprint density at radius 2 is 1.07 bits per heavy atom. The summed E-state index contributed by atoms with van der Waals surface area (Å²) in [6.07, 6.45) is 0. The normalized spacial score (nSPS) is 8.87. The summed E-state index contributed by atoms with van der Waals surface area (Å²) in [5.41, 5.74) is 1.41. The van der Waals surface area contributed by atoms with Crippen LogP contribution in [0.4, 0.5) is 0 Å². The molecule has 0 saturated heterocycles. The molecule has 0 nitrogen and oxygen atoms in total. The molecule has 0 bridgehead atoms. The van der Waals surface area contributed by atoms with Crippen molar-refractivity contribution in [2.75, 3.05) is 0 Å². The Bertz CT molecular complexity index is 194. The molecule has 15 heavy (non-hydrogen) atoms. The summed E-state index contributed by atoms with van der Waals surface area (Å²) in [6.45, 7) is 14.9. The molecular formula is C15H28. The highest BCUT2D eigenvalue weighted by Crippen LogP contribution is 2.11. The smallest absolute Gasteiger partial charge is 0.0219 e. The fourth-order valence-corrected chi connectivity index (χ4v) is 0.838. The highest BCUT2D eigenvalue weighted by Gasteiger charge is 1.93. The predicted molar refractivity (Wildman–Crippen MR) is 72.4 cm³/mol. The summed E-state index contributed by atoms with van der Waals surface area (Å²) in [5, 5.41) is 0. The monoisotopic (exact) mass is 208 g/mol. The number of hydrogen-bond acceptors (Lipinski definition) is 0. The zero-order valence-electron chi connectivity index (χ0n) is 11.5. The first-order chi connectivity index (χ1) is 7.04. The van der Waals surface area contributed by atoms with Gasteiger partial charge in [-0.05, 0) is 17.4 Å². The molecule has 0 atom stereocenters. The minimum atomic E-state index is 0.659. The lowest BCUT2D eigenvalue weighted by atomic mass is 10.0. The Hall–Kier alpha value is -0.780. The molecule has 0 aliphatic carbocycles. The SMILES string of the molecule is CC.CC(C)C.CC(C)c1ccccc1. The first kappa shape index (κ1) is 16.6. The maximum atomic E-state index is 2.20.